The minimum absolute atomic E-state index is 0.169. The number of carbonyl (C=O) groups excluding carboxylic acids is 1. The minimum atomic E-state index is -0.868. The highest BCUT2D eigenvalue weighted by Gasteiger charge is 2.67. The van der Waals surface area contributed by atoms with E-state index in [9.17, 15) is 14.9 Å². The molecule has 1 N–H and O–H groups in total. The molecule has 0 aliphatic heterocycles. The van der Waals surface area contributed by atoms with Gasteiger partial charge in [-0.2, -0.15) is 0 Å². The lowest BCUT2D eigenvalue weighted by atomic mass is 10.0. The molecule has 1 saturated carbocycles. The number of nitro groups is 1. The molecule has 1 aromatic carbocycles. The van der Waals surface area contributed by atoms with E-state index in [0.29, 0.717) is 37.5 Å². The number of carbonyl (C=O) groups is 1. The predicted octanol–water partition coefficient (Wildman–Crippen LogP) is 2.87. The Balaban J connectivity index is 1.85. The zero-order valence-corrected chi connectivity index (χ0v) is 14.3. The number of rotatable bonds is 9. The summed E-state index contributed by atoms with van der Waals surface area (Å²) in [4.78, 5) is 22.9. The molecule has 0 saturated heterocycles. The Labute approximate surface area is 141 Å². The average molecular weight is 336 g/mol. The molecule has 1 aliphatic rings. The number of benzene rings is 1. The third kappa shape index (κ3) is 4.23. The largest absolute Gasteiger partial charge is 0.491 e. The van der Waals surface area contributed by atoms with Gasteiger partial charge in [0.2, 0.25) is 11.9 Å². The smallest absolute Gasteiger partial charge is 0.237 e. The second-order valence-electron chi connectivity index (χ2n) is 6.26. The fourth-order valence-electron chi connectivity index (χ4n) is 2.68. The van der Waals surface area contributed by atoms with E-state index >= 15 is 0 Å². The van der Waals surface area contributed by atoms with Crippen LogP contribution >= 0.6 is 0 Å². The van der Waals surface area contributed by atoms with Crippen LogP contribution in [0.4, 0.5) is 5.69 Å². The van der Waals surface area contributed by atoms with Crippen LogP contribution in [-0.2, 0) is 9.53 Å². The first kappa shape index (κ1) is 18.2. The molecule has 0 heterocycles. The second-order valence-corrected chi connectivity index (χ2v) is 6.26. The van der Waals surface area contributed by atoms with E-state index in [1.54, 1.807) is 31.2 Å². The van der Waals surface area contributed by atoms with Crippen LogP contribution in [0.2, 0.25) is 0 Å². The molecule has 132 valence electrons. The Morgan fingerprint density at radius 3 is 2.54 bits per heavy atom. The number of hydrogen-bond donors (Lipinski definition) is 1. The summed E-state index contributed by atoms with van der Waals surface area (Å²) in [7, 11) is 0. The van der Waals surface area contributed by atoms with Gasteiger partial charge in [0.05, 0.1) is 12.7 Å². The first-order valence-corrected chi connectivity index (χ1v) is 8.18. The molecule has 0 radical (unpaired) electrons. The molecule has 0 bridgehead atoms. The lowest BCUT2D eigenvalue weighted by Gasteiger charge is -2.13. The van der Waals surface area contributed by atoms with Gasteiger partial charge in [0.1, 0.15) is 17.8 Å². The Hall–Kier alpha value is -2.15. The van der Waals surface area contributed by atoms with Gasteiger partial charge in [0.15, 0.2) is 0 Å². The molecule has 1 amide bonds. The van der Waals surface area contributed by atoms with Crippen molar-refractivity contribution in [1.29, 1.82) is 0 Å². The first-order chi connectivity index (χ1) is 11.4. The van der Waals surface area contributed by atoms with Gasteiger partial charge in [-0.05, 0) is 44.5 Å². The Kier molecular flexibility index (Phi) is 5.77. The standard InChI is InChI=1S/C17H24N2O5/c1-4-17(11-15(17)19(21)22)16(20)18-13-5-7-14(8-6-13)24-10-9-23-12(2)3/h5-8,12,15H,4,9-11H2,1-3H3,(H,18,20). The summed E-state index contributed by atoms with van der Waals surface area (Å²) in [6.45, 7) is 6.69. The molecule has 7 heteroatoms. The van der Waals surface area contributed by atoms with Crippen molar-refractivity contribution in [2.45, 2.75) is 45.8 Å². The first-order valence-electron chi connectivity index (χ1n) is 8.18. The highest BCUT2D eigenvalue weighted by molar-refractivity contribution is 5.98. The Bertz CT molecular complexity index is 587. The zero-order valence-electron chi connectivity index (χ0n) is 14.3. The number of amides is 1. The molecule has 2 atom stereocenters. The maximum absolute atomic E-state index is 12.3. The van der Waals surface area contributed by atoms with Gasteiger partial charge in [0, 0.05) is 17.0 Å². The Morgan fingerprint density at radius 2 is 2.04 bits per heavy atom. The zero-order chi connectivity index (χ0) is 17.7. The average Bonchev–Trinajstić information content (AvgIpc) is 3.29. The van der Waals surface area contributed by atoms with Crippen LogP contribution in [0.5, 0.6) is 5.75 Å². The molecule has 0 aromatic heterocycles. The number of ether oxygens (including phenoxy) is 2. The summed E-state index contributed by atoms with van der Waals surface area (Å²) < 4.78 is 10.9. The van der Waals surface area contributed by atoms with Crippen molar-refractivity contribution in [3.8, 4) is 5.75 Å². The topological polar surface area (TPSA) is 90.7 Å². The molecule has 2 unspecified atom stereocenters. The van der Waals surface area contributed by atoms with Crippen LogP contribution < -0.4 is 10.1 Å². The lowest BCUT2D eigenvalue weighted by molar-refractivity contribution is -0.501. The quantitative estimate of drug-likeness (QED) is 0.425. The lowest BCUT2D eigenvalue weighted by Crippen LogP contribution is -2.29. The minimum Gasteiger partial charge on any atom is -0.491 e. The van der Waals surface area contributed by atoms with Crippen LogP contribution in [-0.4, -0.2) is 36.2 Å². The second kappa shape index (κ2) is 7.61. The van der Waals surface area contributed by atoms with Crippen molar-refractivity contribution in [1.82, 2.24) is 0 Å². The molecule has 1 aliphatic carbocycles. The SMILES string of the molecule is CCC1(C(=O)Nc2ccc(OCCOC(C)C)cc2)CC1[N+](=O)[O-]. The number of anilines is 1. The summed E-state index contributed by atoms with van der Waals surface area (Å²) in [5.41, 5.74) is -0.264. The van der Waals surface area contributed by atoms with Gasteiger partial charge in [-0.3, -0.25) is 14.9 Å². The highest BCUT2D eigenvalue weighted by Crippen LogP contribution is 2.51. The number of hydrogen-bond acceptors (Lipinski definition) is 5. The normalized spacial score (nSPS) is 22.2. The molecule has 7 nitrogen and oxygen atoms in total. The van der Waals surface area contributed by atoms with Gasteiger partial charge in [-0.15, -0.1) is 0 Å². The molecule has 0 spiro atoms. The third-order valence-corrected chi connectivity index (χ3v) is 4.29. The van der Waals surface area contributed by atoms with Crippen LogP contribution in [0.3, 0.4) is 0 Å². The third-order valence-electron chi connectivity index (χ3n) is 4.29. The van der Waals surface area contributed by atoms with E-state index in [0.717, 1.165) is 0 Å². The van der Waals surface area contributed by atoms with Gasteiger partial charge < -0.3 is 14.8 Å². The summed E-state index contributed by atoms with van der Waals surface area (Å²) in [5.74, 6) is 0.394. The van der Waals surface area contributed by atoms with E-state index < -0.39 is 11.5 Å². The summed E-state index contributed by atoms with van der Waals surface area (Å²) in [6.07, 6.45) is 0.934. The van der Waals surface area contributed by atoms with Crippen LogP contribution in [0.15, 0.2) is 24.3 Å². The summed E-state index contributed by atoms with van der Waals surface area (Å²) >= 11 is 0. The van der Waals surface area contributed by atoms with Crippen molar-refractivity contribution < 1.29 is 19.2 Å². The molecule has 1 fully saturated rings. The van der Waals surface area contributed by atoms with E-state index in [1.807, 2.05) is 13.8 Å². The van der Waals surface area contributed by atoms with Gasteiger partial charge in [0.25, 0.3) is 0 Å². The van der Waals surface area contributed by atoms with Crippen molar-refractivity contribution in [3.05, 3.63) is 34.4 Å². The van der Waals surface area contributed by atoms with Gasteiger partial charge in [-0.1, -0.05) is 6.92 Å². The highest BCUT2D eigenvalue weighted by atomic mass is 16.6. The molecule has 2 rings (SSSR count). The number of nitrogens with zero attached hydrogens (tertiary/aromatic N) is 1. The van der Waals surface area contributed by atoms with E-state index in [1.165, 1.54) is 0 Å². The van der Waals surface area contributed by atoms with Crippen molar-refractivity contribution in [2.75, 3.05) is 18.5 Å². The fourth-order valence-corrected chi connectivity index (χ4v) is 2.68. The maximum atomic E-state index is 12.3. The van der Waals surface area contributed by atoms with Gasteiger partial charge in [-0.25, -0.2) is 0 Å². The van der Waals surface area contributed by atoms with E-state index in [-0.39, 0.29) is 16.9 Å². The number of nitrogens with one attached hydrogen (secondary N) is 1. The van der Waals surface area contributed by atoms with Crippen molar-refractivity contribution in [3.63, 3.8) is 0 Å². The fraction of sp³-hybridized carbons (Fsp3) is 0.588. The van der Waals surface area contributed by atoms with E-state index in [4.69, 9.17) is 9.47 Å². The predicted molar refractivity (Wildman–Crippen MR) is 89.8 cm³/mol. The summed E-state index contributed by atoms with van der Waals surface area (Å²) in [6, 6.07) is 6.18. The molecular weight excluding hydrogens is 312 g/mol. The van der Waals surface area contributed by atoms with Gasteiger partial charge >= 0.3 is 0 Å². The van der Waals surface area contributed by atoms with Crippen LogP contribution in [0.25, 0.3) is 0 Å². The van der Waals surface area contributed by atoms with Crippen LogP contribution in [0.1, 0.15) is 33.6 Å². The monoisotopic (exact) mass is 336 g/mol. The maximum Gasteiger partial charge on any atom is 0.237 e. The molecular formula is C17H24N2O5. The molecule has 1 aromatic rings. The van der Waals surface area contributed by atoms with E-state index in [2.05, 4.69) is 5.32 Å². The van der Waals surface area contributed by atoms with Crippen molar-refractivity contribution in [2.24, 2.45) is 5.41 Å². The Morgan fingerprint density at radius 1 is 1.38 bits per heavy atom. The van der Waals surface area contributed by atoms with Crippen molar-refractivity contribution >= 4 is 11.6 Å². The van der Waals surface area contributed by atoms with Crippen LogP contribution in [0, 0.1) is 15.5 Å². The summed E-state index contributed by atoms with van der Waals surface area (Å²) in [5, 5.41) is 13.7. The molecule has 24 heavy (non-hydrogen) atoms.